The summed E-state index contributed by atoms with van der Waals surface area (Å²) in [7, 11) is 0. The van der Waals surface area contributed by atoms with Crippen molar-refractivity contribution in [3.8, 4) is 0 Å². The van der Waals surface area contributed by atoms with Crippen molar-refractivity contribution in [2.75, 3.05) is 31.6 Å². The number of carbonyl (C=O) groups is 1. The van der Waals surface area contributed by atoms with Gasteiger partial charge < -0.3 is 15.4 Å². The van der Waals surface area contributed by atoms with E-state index < -0.39 is 0 Å². The van der Waals surface area contributed by atoms with E-state index >= 15 is 0 Å². The zero-order valence-electron chi connectivity index (χ0n) is 12.2. The summed E-state index contributed by atoms with van der Waals surface area (Å²) in [4.78, 5) is 16.7. The SMILES string of the molecule is CCNc1cc(C(=O)NCC2CCOC2)cc(CC)n1. The Balaban J connectivity index is 2.01. The van der Waals surface area contributed by atoms with Gasteiger partial charge in [0.25, 0.3) is 5.91 Å². The normalized spacial score (nSPS) is 18.0. The number of hydrogen-bond donors (Lipinski definition) is 2. The second-order valence-corrected chi connectivity index (χ2v) is 5.06. The maximum Gasteiger partial charge on any atom is 0.251 e. The maximum absolute atomic E-state index is 12.2. The summed E-state index contributed by atoms with van der Waals surface area (Å²) in [5.74, 6) is 1.18. The van der Waals surface area contributed by atoms with E-state index in [1.54, 1.807) is 0 Å². The van der Waals surface area contributed by atoms with Gasteiger partial charge in [-0.05, 0) is 31.9 Å². The van der Waals surface area contributed by atoms with Crippen LogP contribution in [0.15, 0.2) is 12.1 Å². The standard InChI is InChI=1S/C15H23N3O2/c1-3-13-7-12(8-14(18-13)16-4-2)15(19)17-9-11-5-6-20-10-11/h7-8,11H,3-6,9-10H2,1-2H3,(H,16,18)(H,17,19). The quantitative estimate of drug-likeness (QED) is 0.833. The Morgan fingerprint density at radius 3 is 2.95 bits per heavy atom. The Bertz CT molecular complexity index is 456. The van der Waals surface area contributed by atoms with Gasteiger partial charge in [-0.2, -0.15) is 0 Å². The molecule has 1 fully saturated rings. The van der Waals surface area contributed by atoms with Gasteiger partial charge in [0.2, 0.25) is 0 Å². The molecule has 0 aliphatic carbocycles. The summed E-state index contributed by atoms with van der Waals surface area (Å²) in [5.41, 5.74) is 1.60. The molecule has 5 nitrogen and oxygen atoms in total. The van der Waals surface area contributed by atoms with E-state index in [0.29, 0.717) is 18.0 Å². The van der Waals surface area contributed by atoms with Crippen molar-refractivity contribution in [1.82, 2.24) is 10.3 Å². The monoisotopic (exact) mass is 277 g/mol. The Hall–Kier alpha value is -1.62. The Kier molecular flexibility index (Phi) is 5.35. The van der Waals surface area contributed by atoms with Gasteiger partial charge in [-0.1, -0.05) is 6.92 Å². The maximum atomic E-state index is 12.2. The molecule has 1 aromatic rings. The molecule has 0 saturated carbocycles. The smallest absolute Gasteiger partial charge is 0.251 e. The lowest BCUT2D eigenvalue weighted by Crippen LogP contribution is -2.29. The molecule has 110 valence electrons. The first-order chi connectivity index (χ1) is 9.72. The highest BCUT2D eigenvalue weighted by molar-refractivity contribution is 5.95. The number of amides is 1. The third-order valence-corrected chi connectivity index (χ3v) is 3.44. The van der Waals surface area contributed by atoms with Gasteiger partial charge in [0, 0.05) is 36.9 Å². The molecule has 1 saturated heterocycles. The van der Waals surface area contributed by atoms with Crippen molar-refractivity contribution in [3.05, 3.63) is 23.4 Å². The summed E-state index contributed by atoms with van der Waals surface area (Å²) < 4.78 is 5.31. The molecule has 2 N–H and O–H groups in total. The number of pyridine rings is 1. The lowest BCUT2D eigenvalue weighted by atomic mass is 10.1. The minimum Gasteiger partial charge on any atom is -0.381 e. The molecule has 1 aliphatic heterocycles. The molecule has 2 heterocycles. The number of aromatic nitrogens is 1. The van der Waals surface area contributed by atoms with Crippen LogP contribution in [0.3, 0.4) is 0 Å². The molecule has 20 heavy (non-hydrogen) atoms. The van der Waals surface area contributed by atoms with Crippen LogP contribution in [-0.4, -0.2) is 37.2 Å². The first-order valence-electron chi connectivity index (χ1n) is 7.33. The van der Waals surface area contributed by atoms with E-state index in [1.165, 1.54) is 0 Å². The number of rotatable bonds is 6. The number of nitrogens with zero attached hydrogens (tertiary/aromatic N) is 1. The number of nitrogens with one attached hydrogen (secondary N) is 2. The zero-order valence-corrected chi connectivity index (χ0v) is 12.2. The van der Waals surface area contributed by atoms with Gasteiger partial charge in [0.1, 0.15) is 5.82 Å². The van der Waals surface area contributed by atoms with Gasteiger partial charge in [0.15, 0.2) is 0 Å². The van der Waals surface area contributed by atoms with E-state index in [9.17, 15) is 4.79 Å². The summed E-state index contributed by atoms with van der Waals surface area (Å²) in [6.07, 6.45) is 1.84. The highest BCUT2D eigenvalue weighted by atomic mass is 16.5. The molecule has 1 unspecified atom stereocenters. The molecule has 1 atom stereocenters. The predicted molar refractivity (Wildman–Crippen MR) is 79.0 cm³/mol. The average Bonchev–Trinajstić information content (AvgIpc) is 2.98. The predicted octanol–water partition coefficient (Wildman–Crippen LogP) is 1.84. The fraction of sp³-hybridized carbons (Fsp3) is 0.600. The van der Waals surface area contributed by atoms with Crippen molar-refractivity contribution >= 4 is 11.7 Å². The van der Waals surface area contributed by atoms with Crippen molar-refractivity contribution in [3.63, 3.8) is 0 Å². The van der Waals surface area contributed by atoms with Crippen LogP contribution < -0.4 is 10.6 Å². The van der Waals surface area contributed by atoms with Crippen LogP contribution in [0.25, 0.3) is 0 Å². The Labute approximate surface area is 120 Å². The number of aryl methyl sites for hydroxylation is 1. The van der Waals surface area contributed by atoms with Crippen LogP contribution in [0.2, 0.25) is 0 Å². The van der Waals surface area contributed by atoms with Crippen LogP contribution in [0.5, 0.6) is 0 Å². The van der Waals surface area contributed by atoms with Gasteiger partial charge in [-0.15, -0.1) is 0 Å². The molecule has 0 spiro atoms. The van der Waals surface area contributed by atoms with Crippen LogP contribution >= 0.6 is 0 Å². The van der Waals surface area contributed by atoms with E-state index in [4.69, 9.17) is 4.74 Å². The molecular formula is C15H23N3O2. The third-order valence-electron chi connectivity index (χ3n) is 3.44. The molecule has 0 radical (unpaired) electrons. The van der Waals surface area contributed by atoms with Crippen LogP contribution in [0.4, 0.5) is 5.82 Å². The van der Waals surface area contributed by atoms with Crippen LogP contribution in [-0.2, 0) is 11.2 Å². The van der Waals surface area contributed by atoms with Gasteiger partial charge >= 0.3 is 0 Å². The van der Waals surface area contributed by atoms with Crippen molar-refractivity contribution < 1.29 is 9.53 Å². The van der Waals surface area contributed by atoms with Crippen LogP contribution in [0, 0.1) is 5.92 Å². The largest absolute Gasteiger partial charge is 0.381 e. The molecule has 2 rings (SSSR count). The second-order valence-electron chi connectivity index (χ2n) is 5.06. The molecule has 1 amide bonds. The highest BCUT2D eigenvalue weighted by Gasteiger charge is 2.17. The van der Waals surface area contributed by atoms with E-state index in [0.717, 1.165) is 44.1 Å². The summed E-state index contributed by atoms with van der Waals surface area (Å²) in [5, 5.41) is 6.15. The highest BCUT2D eigenvalue weighted by Crippen LogP contribution is 2.13. The Morgan fingerprint density at radius 2 is 2.30 bits per heavy atom. The van der Waals surface area contributed by atoms with Crippen molar-refractivity contribution in [2.45, 2.75) is 26.7 Å². The third kappa shape index (κ3) is 3.93. The molecule has 0 bridgehead atoms. The van der Waals surface area contributed by atoms with E-state index in [-0.39, 0.29) is 5.91 Å². The number of ether oxygens (including phenoxy) is 1. The second kappa shape index (κ2) is 7.24. The summed E-state index contributed by atoms with van der Waals surface area (Å²) in [6.45, 7) is 7.08. The lowest BCUT2D eigenvalue weighted by Gasteiger charge is -2.11. The summed E-state index contributed by atoms with van der Waals surface area (Å²) in [6, 6.07) is 3.67. The zero-order chi connectivity index (χ0) is 14.4. The summed E-state index contributed by atoms with van der Waals surface area (Å²) >= 11 is 0. The molecular weight excluding hydrogens is 254 g/mol. The number of hydrogen-bond acceptors (Lipinski definition) is 4. The van der Waals surface area contributed by atoms with Gasteiger partial charge in [-0.25, -0.2) is 4.98 Å². The van der Waals surface area contributed by atoms with Crippen molar-refractivity contribution in [2.24, 2.45) is 5.92 Å². The molecule has 0 aromatic carbocycles. The van der Waals surface area contributed by atoms with Gasteiger partial charge in [-0.3, -0.25) is 4.79 Å². The number of carbonyl (C=O) groups excluding carboxylic acids is 1. The Morgan fingerprint density at radius 1 is 1.45 bits per heavy atom. The van der Waals surface area contributed by atoms with Crippen LogP contribution in [0.1, 0.15) is 36.3 Å². The van der Waals surface area contributed by atoms with Crippen molar-refractivity contribution in [1.29, 1.82) is 0 Å². The fourth-order valence-corrected chi connectivity index (χ4v) is 2.26. The van der Waals surface area contributed by atoms with E-state index in [2.05, 4.69) is 15.6 Å². The molecule has 1 aromatic heterocycles. The minimum atomic E-state index is -0.0341. The fourth-order valence-electron chi connectivity index (χ4n) is 2.26. The average molecular weight is 277 g/mol. The topological polar surface area (TPSA) is 63.2 Å². The first-order valence-corrected chi connectivity index (χ1v) is 7.33. The minimum absolute atomic E-state index is 0.0341. The molecule has 1 aliphatic rings. The van der Waals surface area contributed by atoms with E-state index in [1.807, 2.05) is 26.0 Å². The number of anilines is 1. The van der Waals surface area contributed by atoms with Gasteiger partial charge in [0.05, 0.1) is 6.61 Å². The molecule has 5 heteroatoms. The first kappa shape index (κ1) is 14.8. The lowest BCUT2D eigenvalue weighted by molar-refractivity contribution is 0.0945.